The molecule has 110 valence electrons. The zero-order chi connectivity index (χ0) is 14.7. The van der Waals surface area contributed by atoms with Crippen LogP contribution < -0.4 is 5.32 Å². The van der Waals surface area contributed by atoms with E-state index in [2.05, 4.69) is 23.5 Å². The van der Waals surface area contributed by atoms with E-state index in [1.807, 2.05) is 24.3 Å². The number of carbonyl (C=O) groups excluding carboxylic acids is 1. The van der Waals surface area contributed by atoms with Crippen molar-refractivity contribution in [2.45, 2.75) is 31.7 Å². The van der Waals surface area contributed by atoms with Gasteiger partial charge in [-0.1, -0.05) is 48.9 Å². The third kappa shape index (κ3) is 3.08. The highest BCUT2D eigenvalue weighted by Gasteiger charge is 2.27. The smallest absolute Gasteiger partial charge is 0.224 e. The Morgan fingerprint density at radius 1 is 1.14 bits per heavy atom. The van der Waals surface area contributed by atoms with E-state index in [0.717, 1.165) is 35.6 Å². The molecule has 0 spiro atoms. The highest BCUT2D eigenvalue weighted by molar-refractivity contribution is 5.90. The number of hydrogen-bond acceptors (Lipinski definition) is 2. The van der Waals surface area contributed by atoms with Crippen molar-refractivity contribution >= 4 is 16.7 Å². The van der Waals surface area contributed by atoms with Crippen LogP contribution in [0.15, 0.2) is 42.5 Å². The number of fused-ring (bicyclic) bond motifs is 1. The van der Waals surface area contributed by atoms with E-state index in [9.17, 15) is 9.90 Å². The van der Waals surface area contributed by atoms with Gasteiger partial charge in [0.1, 0.15) is 0 Å². The molecule has 0 radical (unpaired) electrons. The molecule has 21 heavy (non-hydrogen) atoms. The van der Waals surface area contributed by atoms with Crippen LogP contribution in [0.1, 0.15) is 24.8 Å². The Kier molecular flexibility index (Phi) is 4.20. The van der Waals surface area contributed by atoms with Gasteiger partial charge in [0.05, 0.1) is 6.42 Å². The fraction of sp³-hybridized carbons (Fsp3) is 0.389. The molecule has 2 atom stereocenters. The van der Waals surface area contributed by atoms with Crippen molar-refractivity contribution < 1.29 is 9.90 Å². The van der Waals surface area contributed by atoms with Crippen LogP contribution in [0.3, 0.4) is 0 Å². The maximum atomic E-state index is 12.3. The first kappa shape index (κ1) is 14.1. The average Bonchev–Trinajstić information content (AvgIpc) is 2.94. The minimum atomic E-state index is 0.0525. The van der Waals surface area contributed by atoms with Crippen molar-refractivity contribution in [3.05, 3.63) is 48.0 Å². The number of nitrogens with one attached hydrogen (secondary N) is 1. The monoisotopic (exact) mass is 283 g/mol. The van der Waals surface area contributed by atoms with Gasteiger partial charge in [-0.15, -0.1) is 0 Å². The topological polar surface area (TPSA) is 49.3 Å². The summed E-state index contributed by atoms with van der Waals surface area (Å²) in [7, 11) is 0. The van der Waals surface area contributed by atoms with Crippen LogP contribution in [-0.4, -0.2) is 23.7 Å². The number of aliphatic hydroxyl groups is 1. The molecular formula is C18H21NO2. The lowest BCUT2D eigenvalue weighted by atomic mass is 10.0. The lowest BCUT2D eigenvalue weighted by Crippen LogP contribution is -2.39. The maximum absolute atomic E-state index is 12.3. The van der Waals surface area contributed by atoms with E-state index in [1.54, 1.807) is 0 Å². The summed E-state index contributed by atoms with van der Waals surface area (Å²) in [6.07, 6.45) is 3.47. The fourth-order valence-corrected chi connectivity index (χ4v) is 3.32. The van der Waals surface area contributed by atoms with Gasteiger partial charge in [0, 0.05) is 18.6 Å². The van der Waals surface area contributed by atoms with Gasteiger partial charge in [-0.3, -0.25) is 4.79 Å². The zero-order valence-electron chi connectivity index (χ0n) is 12.1. The Hall–Kier alpha value is -1.87. The third-order valence-corrected chi connectivity index (χ3v) is 4.47. The number of benzene rings is 2. The molecule has 0 bridgehead atoms. The first-order valence-electron chi connectivity index (χ1n) is 7.65. The summed E-state index contributed by atoms with van der Waals surface area (Å²) in [5, 5.41) is 14.7. The van der Waals surface area contributed by atoms with Crippen LogP contribution >= 0.6 is 0 Å². The minimum absolute atomic E-state index is 0.0525. The van der Waals surface area contributed by atoms with Crippen LogP contribution in [0.4, 0.5) is 0 Å². The Labute approximate surface area is 125 Å². The van der Waals surface area contributed by atoms with Crippen LogP contribution in [0.2, 0.25) is 0 Å². The van der Waals surface area contributed by atoms with E-state index in [1.165, 1.54) is 0 Å². The molecule has 1 saturated carbocycles. The van der Waals surface area contributed by atoms with Crippen molar-refractivity contribution in [2.75, 3.05) is 6.61 Å². The molecule has 1 fully saturated rings. The third-order valence-electron chi connectivity index (χ3n) is 4.47. The summed E-state index contributed by atoms with van der Waals surface area (Å²) in [4.78, 5) is 12.3. The van der Waals surface area contributed by atoms with Crippen molar-refractivity contribution in [1.82, 2.24) is 5.32 Å². The molecule has 1 aliphatic carbocycles. The van der Waals surface area contributed by atoms with Gasteiger partial charge < -0.3 is 10.4 Å². The second-order valence-corrected chi connectivity index (χ2v) is 5.86. The van der Waals surface area contributed by atoms with E-state index in [0.29, 0.717) is 6.42 Å². The molecule has 2 unspecified atom stereocenters. The quantitative estimate of drug-likeness (QED) is 0.906. The summed E-state index contributed by atoms with van der Waals surface area (Å²) in [6.45, 7) is 0.166. The Bertz CT molecular complexity index is 633. The lowest BCUT2D eigenvalue weighted by molar-refractivity contribution is -0.121. The Balaban J connectivity index is 1.72. The number of rotatable bonds is 4. The van der Waals surface area contributed by atoms with E-state index in [4.69, 9.17) is 0 Å². The molecule has 3 heteroatoms. The van der Waals surface area contributed by atoms with Gasteiger partial charge >= 0.3 is 0 Å². The van der Waals surface area contributed by atoms with Crippen molar-refractivity contribution in [3.8, 4) is 0 Å². The largest absolute Gasteiger partial charge is 0.396 e. The van der Waals surface area contributed by atoms with Crippen LogP contribution in [-0.2, 0) is 11.2 Å². The second kappa shape index (κ2) is 6.27. The summed E-state index contributed by atoms with van der Waals surface area (Å²) in [6, 6.07) is 14.4. The molecule has 0 aromatic heterocycles. The summed E-state index contributed by atoms with van der Waals surface area (Å²) >= 11 is 0. The maximum Gasteiger partial charge on any atom is 0.224 e. The fourth-order valence-electron chi connectivity index (χ4n) is 3.32. The molecule has 2 aromatic rings. The van der Waals surface area contributed by atoms with Gasteiger partial charge in [-0.05, 0) is 29.2 Å². The van der Waals surface area contributed by atoms with Gasteiger partial charge in [0.2, 0.25) is 5.91 Å². The first-order valence-corrected chi connectivity index (χ1v) is 7.65. The average molecular weight is 283 g/mol. The van der Waals surface area contributed by atoms with E-state index < -0.39 is 0 Å². The van der Waals surface area contributed by atoms with Crippen molar-refractivity contribution in [1.29, 1.82) is 0 Å². The predicted molar refractivity (Wildman–Crippen MR) is 84.0 cm³/mol. The van der Waals surface area contributed by atoms with Gasteiger partial charge in [0.25, 0.3) is 0 Å². The second-order valence-electron chi connectivity index (χ2n) is 5.86. The standard InChI is InChI=1S/C18H21NO2/c20-12-15-8-4-10-17(15)19-18(21)11-14-7-3-6-13-5-1-2-9-16(13)14/h1-3,5-7,9,15,17,20H,4,8,10-12H2,(H,19,21). The van der Waals surface area contributed by atoms with Crippen molar-refractivity contribution in [2.24, 2.45) is 5.92 Å². The number of aliphatic hydroxyl groups excluding tert-OH is 1. The highest BCUT2D eigenvalue weighted by atomic mass is 16.3. The van der Waals surface area contributed by atoms with Crippen LogP contribution in [0.5, 0.6) is 0 Å². The summed E-state index contributed by atoms with van der Waals surface area (Å²) in [5.41, 5.74) is 1.06. The molecule has 0 heterocycles. The highest BCUT2D eigenvalue weighted by Crippen LogP contribution is 2.25. The molecule has 2 aromatic carbocycles. The van der Waals surface area contributed by atoms with E-state index in [-0.39, 0.29) is 24.5 Å². The van der Waals surface area contributed by atoms with Gasteiger partial charge in [-0.25, -0.2) is 0 Å². The molecule has 0 saturated heterocycles. The summed E-state index contributed by atoms with van der Waals surface area (Å²) < 4.78 is 0. The molecule has 1 aliphatic rings. The number of amides is 1. The molecule has 0 aliphatic heterocycles. The van der Waals surface area contributed by atoms with Crippen molar-refractivity contribution in [3.63, 3.8) is 0 Å². The van der Waals surface area contributed by atoms with Gasteiger partial charge in [-0.2, -0.15) is 0 Å². The first-order chi connectivity index (χ1) is 10.3. The Morgan fingerprint density at radius 2 is 1.95 bits per heavy atom. The minimum Gasteiger partial charge on any atom is -0.396 e. The molecule has 3 nitrogen and oxygen atoms in total. The van der Waals surface area contributed by atoms with Crippen LogP contribution in [0, 0.1) is 5.92 Å². The number of carbonyl (C=O) groups is 1. The normalized spacial score (nSPS) is 21.6. The van der Waals surface area contributed by atoms with Crippen LogP contribution in [0.25, 0.3) is 10.8 Å². The molecule has 2 N–H and O–H groups in total. The van der Waals surface area contributed by atoms with E-state index >= 15 is 0 Å². The van der Waals surface area contributed by atoms with Gasteiger partial charge in [0.15, 0.2) is 0 Å². The Morgan fingerprint density at radius 3 is 2.81 bits per heavy atom. The predicted octanol–water partition coefficient (Wildman–Crippen LogP) is 2.66. The lowest BCUT2D eigenvalue weighted by Gasteiger charge is -2.19. The zero-order valence-corrected chi connectivity index (χ0v) is 12.1. The molecule has 3 rings (SSSR count). The molecular weight excluding hydrogens is 262 g/mol. The SMILES string of the molecule is O=C(Cc1cccc2ccccc12)NC1CCCC1CO. The summed E-state index contributed by atoms with van der Waals surface area (Å²) in [5.74, 6) is 0.276. The molecule has 1 amide bonds. The number of hydrogen-bond donors (Lipinski definition) is 2.